The van der Waals surface area contributed by atoms with Gasteiger partial charge < -0.3 is 53.0 Å². The zero-order valence-electron chi connectivity index (χ0n) is 48.2. The molecule has 0 aromatic carbocycles. The van der Waals surface area contributed by atoms with Gasteiger partial charge in [0.25, 0.3) is 11.7 Å². The molecule has 15 atom stereocenters. The molecule has 17 heteroatoms. The Balaban J connectivity index is 1.42. The van der Waals surface area contributed by atoms with E-state index in [1.807, 2.05) is 58.1 Å². The largest absolute Gasteiger partial charge is 0.460 e. The van der Waals surface area contributed by atoms with Crippen molar-refractivity contribution in [2.45, 2.75) is 186 Å². The van der Waals surface area contributed by atoms with Crippen LogP contribution < -0.4 is 0 Å². The molecule has 5 rings (SSSR count). The zero-order chi connectivity index (χ0) is 56.2. The highest BCUT2D eigenvalue weighted by Gasteiger charge is 2.53. The normalized spacial score (nSPS) is 37.4. The van der Waals surface area contributed by atoms with Gasteiger partial charge in [0.05, 0.1) is 50.8 Å². The topological polar surface area (TPSA) is 206 Å². The molecular weight excluding hydrogens is 989 g/mol. The van der Waals surface area contributed by atoms with E-state index in [1.54, 1.807) is 41.1 Å². The van der Waals surface area contributed by atoms with Gasteiger partial charge >= 0.3 is 5.97 Å². The van der Waals surface area contributed by atoms with Crippen molar-refractivity contribution in [1.29, 1.82) is 0 Å². The molecule has 4 heterocycles. The smallest absolute Gasteiger partial charge is 0.329 e. The van der Waals surface area contributed by atoms with Crippen LogP contribution in [-0.2, 0) is 61.9 Å². The number of Topliss-reactive ketones (excluding diaryl/α,β-unsaturated/α-hetero) is 3. The minimum Gasteiger partial charge on any atom is -0.460 e. The van der Waals surface area contributed by atoms with Crippen molar-refractivity contribution < 1.29 is 72.1 Å². The van der Waals surface area contributed by atoms with Crippen LogP contribution in [0.1, 0.15) is 132 Å². The van der Waals surface area contributed by atoms with Crippen LogP contribution in [0, 0.1) is 35.5 Å². The van der Waals surface area contributed by atoms with Gasteiger partial charge in [0, 0.05) is 84.7 Å². The van der Waals surface area contributed by atoms with Crippen LogP contribution in [0.4, 0.5) is 0 Å². The molecule has 436 valence electrons. The molecule has 77 heavy (non-hydrogen) atoms. The van der Waals surface area contributed by atoms with Crippen LogP contribution in [0.2, 0.25) is 0 Å². The third-order valence-corrected chi connectivity index (χ3v) is 16.8. The average molecular weight is 1090 g/mol. The highest BCUT2D eigenvalue weighted by Crippen LogP contribution is 2.38. The number of piperidine rings is 1. The van der Waals surface area contributed by atoms with Crippen molar-refractivity contribution in [1.82, 2.24) is 9.80 Å². The number of allylic oxidation sites excluding steroid dienone is 6. The summed E-state index contributed by atoms with van der Waals surface area (Å²) in [5.41, 5.74) is 1.26. The lowest BCUT2D eigenvalue weighted by Crippen LogP contribution is -2.61. The fraction of sp³-hybridized carbons (Fsp3) is 0.783. The molecule has 2 bridgehead atoms. The van der Waals surface area contributed by atoms with Crippen molar-refractivity contribution in [2.24, 2.45) is 35.5 Å². The van der Waals surface area contributed by atoms with E-state index in [0.29, 0.717) is 57.3 Å². The van der Waals surface area contributed by atoms with Crippen molar-refractivity contribution in [2.75, 3.05) is 80.5 Å². The maximum Gasteiger partial charge on any atom is 0.329 e. The number of rotatable bonds is 14. The maximum absolute atomic E-state index is 14.7. The molecule has 17 nitrogen and oxygen atoms in total. The Morgan fingerprint density at radius 1 is 0.805 bits per heavy atom. The van der Waals surface area contributed by atoms with E-state index in [2.05, 4.69) is 4.90 Å². The van der Waals surface area contributed by atoms with E-state index in [4.69, 9.17) is 37.9 Å². The highest BCUT2D eigenvalue weighted by atomic mass is 16.6. The number of esters is 1. The highest BCUT2D eigenvalue weighted by molar-refractivity contribution is 6.39. The second-order valence-electron chi connectivity index (χ2n) is 22.9. The summed E-state index contributed by atoms with van der Waals surface area (Å²) in [5.74, 6) is -7.92. The Morgan fingerprint density at radius 3 is 2.27 bits per heavy atom. The number of cyclic esters (lactones) is 1. The Labute approximate surface area is 459 Å². The fourth-order valence-corrected chi connectivity index (χ4v) is 11.8. The number of fused-ring (bicyclic) bond motifs is 3. The molecule has 0 radical (unpaired) electrons. The first-order valence-electron chi connectivity index (χ1n) is 28.8. The monoisotopic (exact) mass is 1080 g/mol. The van der Waals surface area contributed by atoms with Crippen LogP contribution >= 0.6 is 0 Å². The average Bonchev–Trinajstić information content (AvgIpc) is 3.43. The first kappa shape index (κ1) is 64.3. The van der Waals surface area contributed by atoms with Crippen LogP contribution in [0.15, 0.2) is 47.6 Å². The molecule has 1 aliphatic carbocycles. The van der Waals surface area contributed by atoms with Gasteiger partial charge in [0.1, 0.15) is 30.1 Å². The number of carbonyl (C=O) groups excluding carboxylic acids is 5. The van der Waals surface area contributed by atoms with Crippen LogP contribution in [0.3, 0.4) is 0 Å². The summed E-state index contributed by atoms with van der Waals surface area (Å²) in [6.07, 6.45) is 13.3. The number of nitrogens with zero attached hydrogens (tertiary/aromatic N) is 2. The number of aliphatic hydroxyl groups excluding tert-OH is 1. The molecule has 0 aromatic rings. The molecule has 1 saturated carbocycles. The van der Waals surface area contributed by atoms with Gasteiger partial charge in [-0.15, -0.1) is 0 Å². The molecule has 1 unspecified atom stereocenters. The first-order valence-corrected chi connectivity index (χ1v) is 28.8. The summed E-state index contributed by atoms with van der Waals surface area (Å²) >= 11 is 0. The van der Waals surface area contributed by atoms with Crippen LogP contribution in [0.25, 0.3) is 0 Å². The molecule has 3 saturated heterocycles. The SMILES string of the molecule is COCCO[C@H]1C[C@@H]2CC[C@@H](C)[C@@](O)(O2)C(=O)C(=O)N2CCCCC2C(=O)O[C@H]([C@H](C)C[C@@H]2CC[C@@H](OCCCN3CCOCC3)[C@H](OC)C2)CC(=O)[C@H](C)/C=C(\C)[C@@H](O)[C@@H](OC)C(=O)[C@H](C)C[C@H](C)/C=C/C=C/C=C/1C. The van der Waals surface area contributed by atoms with E-state index in [-0.39, 0.29) is 73.9 Å². The predicted octanol–water partition coefficient (Wildman–Crippen LogP) is 6.94. The van der Waals surface area contributed by atoms with Gasteiger partial charge in [-0.3, -0.25) is 24.1 Å². The van der Waals surface area contributed by atoms with E-state index in [9.17, 15) is 34.2 Å². The van der Waals surface area contributed by atoms with Gasteiger partial charge in [-0.1, -0.05) is 71.1 Å². The number of carbonyl (C=O) groups is 5. The van der Waals surface area contributed by atoms with Crippen molar-refractivity contribution >= 4 is 29.2 Å². The Hall–Kier alpha value is -3.49. The van der Waals surface area contributed by atoms with E-state index in [1.165, 1.54) is 12.0 Å². The minimum atomic E-state index is -2.46. The second-order valence-corrected chi connectivity index (χ2v) is 22.9. The predicted molar refractivity (Wildman–Crippen MR) is 292 cm³/mol. The van der Waals surface area contributed by atoms with Gasteiger partial charge in [-0.05, 0) is 113 Å². The molecule has 0 aromatic heterocycles. The number of hydrogen-bond donors (Lipinski definition) is 2. The molecule has 4 aliphatic heterocycles. The third kappa shape index (κ3) is 18.8. The number of morpholine rings is 1. The summed E-state index contributed by atoms with van der Waals surface area (Å²) in [6, 6.07) is -1.15. The zero-order valence-corrected chi connectivity index (χ0v) is 48.2. The summed E-state index contributed by atoms with van der Waals surface area (Å²) in [4.78, 5) is 75.5. The molecule has 1 amide bonds. The number of methoxy groups -OCH3 is 3. The lowest BCUT2D eigenvalue weighted by atomic mass is 9.78. The van der Waals surface area contributed by atoms with E-state index < -0.39 is 77.8 Å². The minimum absolute atomic E-state index is 0.00415. The lowest BCUT2D eigenvalue weighted by molar-refractivity contribution is -0.266. The Morgan fingerprint density at radius 2 is 1.56 bits per heavy atom. The second kappa shape index (κ2) is 32.1. The summed E-state index contributed by atoms with van der Waals surface area (Å²) in [6.45, 7) is 18.5. The van der Waals surface area contributed by atoms with Gasteiger partial charge in [0.2, 0.25) is 5.79 Å². The molecule has 4 fully saturated rings. The Kier molecular flexibility index (Phi) is 26.8. The van der Waals surface area contributed by atoms with Gasteiger partial charge in [0.15, 0.2) is 5.78 Å². The number of amides is 1. The summed E-state index contributed by atoms with van der Waals surface area (Å²) < 4.78 is 47.7. The van der Waals surface area contributed by atoms with Crippen molar-refractivity contribution in [3.05, 3.63) is 47.6 Å². The van der Waals surface area contributed by atoms with E-state index in [0.717, 1.165) is 64.1 Å². The van der Waals surface area contributed by atoms with Crippen LogP contribution in [0.5, 0.6) is 0 Å². The lowest BCUT2D eigenvalue weighted by Gasteiger charge is -2.43. The fourth-order valence-electron chi connectivity index (χ4n) is 11.8. The molecule has 5 aliphatic rings. The maximum atomic E-state index is 14.7. The van der Waals surface area contributed by atoms with Crippen molar-refractivity contribution in [3.8, 4) is 0 Å². The third-order valence-electron chi connectivity index (χ3n) is 16.8. The standard InChI is InChI=1S/C60H96N2O15/c1-39-17-12-11-13-18-40(2)51(75-32-31-70-8)37-47-22-20-45(7)60(69,77-47)57(66)58(67)62-25-15-14-19-48(62)59(68)76-52(38-49(63)41(3)34-44(6)55(65)56(72-10)54(64)43(5)33-39)42(4)35-46-21-23-50(53(36-46)71-9)74-28-16-24-61-26-29-73-30-27-61/h11-13,17-18,34,39,41-43,45-48,50-53,55-56,65,69H,14-16,19-33,35-38H2,1-10H3/b13-11+,17-12+,40-18+,44-34+/t39-,41-,42-,43-,45-,46+,47+,48?,50-,51+,52+,53-,55-,56+,60-/m1/s1. The molecule has 0 spiro atoms. The van der Waals surface area contributed by atoms with Gasteiger partial charge in [-0.2, -0.15) is 0 Å². The Bertz CT molecular complexity index is 2020. The molecule has 2 N–H and O–H groups in total. The summed E-state index contributed by atoms with van der Waals surface area (Å²) in [7, 11) is 4.68. The summed E-state index contributed by atoms with van der Waals surface area (Å²) in [5, 5.41) is 23.7. The van der Waals surface area contributed by atoms with Crippen molar-refractivity contribution in [3.63, 3.8) is 0 Å². The number of ether oxygens (including phenoxy) is 8. The number of aliphatic hydroxyl groups is 2. The molecular formula is C60H96N2O15. The van der Waals surface area contributed by atoms with Gasteiger partial charge in [-0.25, -0.2) is 4.79 Å². The van der Waals surface area contributed by atoms with Crippen LogP contribution in [-0.4, -0.2) is 184 Å². The number of hydrogen-bond acceptors (Lipinski definition) is 16. The number of ketones is 3. The quantitative estimate of drug-likeness (QED) is 0.0782. The van der Waals surface area contributed by atoms with E-state index >= 15 is 0 Å². The first-order chi connectivity index (χ1) is 36.8.